The lowest BCUT2D eigenvalue weighted by Gasteiger charge is -2.19. The molecular formula is C11H20N2O3. The maximum Gasteiger partial charge on any atom is 0.310 e. The zero-order chi connectivity index (χ0) is 12.2. The lowest BCUT2D eigenvalue weighted by Crippen LogP contribution is -2.37. The summed E-state index contributed by atoms with van der Waals surface area (Å²) in [6, 6.07) is 0.392. The van der Waals surface area contributed by atoms with E-state index in [-0.39, 0.29) is 5.91 Å². The molecule has 0 atom stereocenters. The van der Waals surface area contributed by atoms with Crippen LogP contribution in [0.15, 0.2) is 0 Å². The van der Waals surface area contributed by atoms with E-state index in [0.29, 0.717) is 25.6 Å². The highest BCUT2D eigenvalue weighted by Gasteiger charge is 2.26. The number of nitrogens with one attached hydrogen (secondary N) is 2. The monoisotopic (exact) mass is 228 g/mol. The number of hydrogen-bond acceptors (Lipinski definition) is 3. The highest BCUT2D eigenvalue weighted by atomic mass is 16.4. The molecule has 0 radical (unpaired) electrons. The maximum atomic E-state index is 11.3. The Hall–Kier alpha value is -1.10. The Labute approximate surface area is 95.6 Å². The van der Waals surface area contributed by atoms with Gasteiger partial charge in [-0.2, -0.15) is 0 Å². The van der Waals surface area contributed by atoms with Crippen molar-refractivity contribution in [1.82, 2.24) is 10.6 Å². The zero-order valence-corrected chi connectivity index (χ0v) is 9.88. The lowest BCUT2D eigenvalue weighted by molar-refractivity contribution is -0.146. The minimum absolute atomic E-state index is 0.0446. The van der Waals surface area contributed by atoms with Crippen molar-refractivity contribution >= 4 is 11.9 Å². The molecule has 0 bridgehead atoms. The minimum atomic E-state index is -0.831. The molecule has 1 rings (SSSR count). The second kappa shape index (κ2) is 5.30. The van der Waals surface area contributed by atoms with Gasteiger partial charge in [-0.25, -0.2) is 0 Å². The Balaban J connectivity index is 2.06. The van der Waals surface area contributed by atoms with Gasteiger partial charge in [0, 0.05) is 25.6 Å². The molecule has 1 amide bonds. The van der Waals surface area contributed by atoms with Crippen LogP contribution < -0.4 is 10.6 Å². The maximum absolute atomic E-state index is 11.3. The second-order valence-corrected chi connectivity index (χ2v) is 4.96. The molecule has 3 N–H and O–H groups in total. The van der Waals surface area contributed by atoms with Crippen LogP contribution in [0.2, 0.25) is 0 Å². The molecule has 0 spiro atoms. The van der Waals surface area contributed by atoms with Crippen molar-refractivity contribution in [1.29, 1.82) is 0 Å². The third-order valence-corrected chi connectivity index (χ3v) is 2.62. The average Bonchev–Trinajstić information content (AvgIpc) is 2.96. The number of amides is 1. The van der Waals surface area contributed by atoms with Gasteiger partial charge in [-0.1, -0.05) is 0 Å². The van der Waals surface area contributed by atoms with Crippen LogP contribution in [0.4, 0.5) is 0 Å². The SMILES string of the molecule is CC(C)(CNCCC(=O)NC1CC1)C(=O)O. The van der Waals surface area contributed by atoms with E-state index < -0.39 is 11.4 Å². The summed E-state index contributed by atoms with van der Waals surface area (Å²) < 4.78 is 0. The van der Waals surface area contributed by atoms with Crippen LogP contribution in [0.3, 0.4) is 0 Å². The number of aliphatic carboxylic acids is 1. The Morgan fingerprint density at radius 1 is 1.38 bits per heavy atom. The Kier molecular flexibility index (Phi) is 4.29. The van der Waals surface area contributed by atoms with E-state index in [0.717, 1.165) is 12.8 Å². The minimum Gasteiger partial charge on any atom is -0.481 e. The number of carboxylic acid groups (broad SMARTS) is 1. The summed E-state index contributed by atoms with van der Waals surface area (Å²) in [5.74, 6) is -0.787. The van der Waals surface area contributed by atoms with Crippen LogP contribution in [0.25, 0.3) is 0 Å². The van der Waals surface area contributed by atoms with Gasteiger partial charge in [-0.05, 0) is 26.7 Å². The van der Waals surface area contributed by atoms with E-state index in [4.69, 9.17) is 5.11 Å². The summed E-state index contributed by atoms with van der Waals surface area (Å²) >= 11 is 0. The highest BCUT2D eigenvalue weighted by Crippen LogP contribution is 2.18. The molecule has 1 saturated carbocycles. The average molecular weight is 228 g/mol. The lowest BCUT2D eigenvalue weighted by atomic mass is 9.94. The van der Waals surface area contributed by atoms with E-state index in [9.17, 15) is 9.59 Å². The standard InChI is InChI=1S/C11H20N2O3/c1-11(2,10(15)16)7-12-6-5-9(14)13-8-3-4-8/h8,12H,3-7H2,1-2H3,(H,13,14)(H,15,16). The van der Waals surface area contributed by atoms with Crippen LogP contribution in [-0.2, 0) is 9.59 Å². The molecular weight excluding hydrogens is 208 g/mol. The van der Waals surface area contributed by atoms with Crippen molar-refractivity contribution in [2.75, 3.05) is 13.1 Å². The summed E-state index contributed by atoms with van der Waals surface area (Å²) in [4.78, 5) is 22.1. The van der Waals surface area contributed by atoms with Crippen LogP contribution in [0, 0.1) is 5.41 Å². The summed E-state index contributed by atoms with van der Waals surface area (Å²) in [6.45, 7) is 4.22. The summed E-state index contributed by atoms with van der Waals surface area (Å²) in [5, 5.41) is 14.7. The molecule has 0 unspecified atom stereocenters. The molecule has 0 aromatic rings. The van der Waals surface area contributed by atoms with Crippen molar-refractivity contribution in [3.8, 4) is 0 Å². The molecule has 0 saturated heterocycles. The largest absolute Gasteiger partial charge is 0.481 e. The summed E-state index contributed by atoms with van der Waals surface area (Å²) in [6.07, 6.45) is 2.59. The van der Waals surface area contributed by atoms with E-state index in [1.807, 2.05) is 0 Å². The van der Waals surface area contributed by atoms with Gasteiger partial charge in [0.1, 0.15) is 0 Å². The van der Waals surface area contributed by atoms with Gasteiger partial charge in [0.25, 0.3) is 0 Å². The van der Waals surface area contributed by atoms with Crippen LogP contribution in [0.1, 0.15) is 33.1 Å². The van der Waals surface area contributed by atoms with Gasteiger partial charge in [-0.3, -0.25) is 9.59 Å². The molecule has 0 aromatic heterocycles. The first-order valence-electron chi connectivity index (χ1n) is 5.65. The Morgan fingerprint density at radius 2 is 2.00 bits per heavy atom. The van der Waals surface area contributed by atoms with Gasteiger partial charge < -0.3 is 15.7 Å². The van der Waals surface area contributed by atoms with Crippen molar-refractivity contribution in [3.63, 3.8) is 0 Å². The number of hydrogen-bond donors (Lipinski definition) is 3. The third kappa shape index (κ3) is 4.61. The molecule has 0 aromatic carbocycles. The molecule has 5 nitrogen and oxygen atoms in total. The Morgan fingerprint density at radius 3 is 2.50 bits per heavy atom. The predicted octanol–water partition coefficient (Wildman–Crippen LogP) is 0.355. The first kappa shape index (κ1) is 13.0. The molecule has 0 heterocycles. The fourth-order valence-corrected chi connectivity index (χ4v) is 1.21. The van der Waals surface area contributed by atoms with Crippen molar-refractivity contribution in [2.45, 2.75) is 39.2 Å². The first-order chi connectivity index (χ1) is 7.42. The van der Waals surface area contributed by atoms with Crippen molar-refractivity contribution in [3.05, 3.63) is 0 Å². The zero-order valence-electron chi connectivity index (χ0n) is 9.88. The summed E-state index contributed by atoms with van der Waals surface area (Å²) in [7, 11) is 0. The van der Waals surface area contributed by atoms with Gasteiger partial charge in [0.2, 0.25) is 5.91 Å². The third-order valence-electron chi connectivity index (χ3n) is 2.62. The molecule has 1 aliphatic carbocycles. The second-order valence-electron chi connectivity index (χ2n) is 4.96. The molecule has 1 aliphatic rings. The number of carbonyl (C=O) groups excluding carboxylic acids is 1. The van der Waals surface area contributed by atoms with E-state index in [1.165, 1.54) is 0 Å². The number of carbonyl (C=O) groups is 2. The fourth-order valence-electron chi connectivity index (χ4n) is 1.21. The highest BCUT2D eigenvalue weighted by molar-refractivity contribution is 5.76. The summed E-state index contributed by atoms with van der Waals surface area (Å²) in [5.41, 5.74) is -0.785. The van der Waals surface area contributed by atoms with Gasteiger partial charge in [-0.15, -0.1) is 0 Å². The molecule has 0 aliphatic heterocycles. The molecule has 16 heavy (non-hydrogen) atoms. The smallest absolute Gasteiger partial charge is 0.310 e. The fraction of sp³-hybridized carbons (Fsp3) is 0.818. The topological polar surface area (TPSA) is 78.4 Å². The van der Waals surface area contributed by atoms with Gasteiger partial charge in [0.15, 0.2) is 0 Å². The molecule has 92 valence electrons. The van der Waals surface area contributed by atoms with Crippen molar-refractivity contribution in [2.24, 2.45) is 5.41 Å². The van der Waals surface area contributed by atoms with E-state index in [1.54, 1.807) is 13.8 Å². The number of carboxylic acids is 1. The predicted molar refractivity (Wildman–Crippen MR) is 60.1 cm³/mol. The molecule has 1 fully saturated rings. The van der Waals surface area contributed by atoms with E-state index >= 15 is 0 Å². The van der Waals surface area contributed by atoms with Crippen LogP contribution in [0.5, 0.6) is 0 Å². The first-order valence-corrected chi connectivity index (χ1v) is 5.65. The Bertz CT molecular complexity index is 272. The van der Waals surface area contributed by atoms with E-state index in [2.05, 4.69) is 10.6 Å². The van der Waals surface area contributed by atoms with Gasteiger partial charge >= 0.3 is 5.97 Å². The van der Waals surface area contributed by atoms with Crippen LogP contribution >= 0.6 is 0 Å². The normalized spacial score (nSPS) is 15.9. The van der Waals surface area contributed by atoms with Gasteiger partial charge in [0.05, 0.1) is 5.41 Å². The molecule has 5 heteroatoms. The quantitative estimate of drug-likeness (QED) is 0.550. The number of rotatable bonds is 7. The van der Waals surface area contributed by atoms with Crippen molar-refractivity contribution < 1.29 is 14.7 Å². The van der Waals surface area contributed by atoms with Crippen LogP contribution in [-0.4, -0.2) is 36.1 Å².